The quantitative estimate of drug-likeness (QED) is 0.518. The van der Waals surface area contributed by atoms with Crippen LogP contribution in [0.15, 0.2) is 0 Å². The molecule has 0 atom stereocenters. The van der Waals surface area contributed by atoms with E-state index in [2.05, 4.69) is 0 Å². The molecular formula is C6H11NOS. The highest BCUT2D eigenvalue weighted by atomic mass is 32.2. The van der Waals surface area contributed by atoms with Gasteiger partial charge in [-0.2, -0.15) is 0 Å². The summed E-state index contributed by atoms with van der Waals surface area (Å²) in [6, 6.07) is 0. The minimum absolute atomic E-state index is 0.300. The molecule has 0 radical (unpaired) electrons. The van der Waals surface area contributed by atoms with E-state index < -0.39 is 0 Å². The van der Waals surface area contributed by atoms with Gasteiger partial charge < -0.3 is 0 Å². The monoisotopic (exact) mass is 145 g/mol. The van der Waals surface area contributed by atoms with Crippen molar-refractivity contribution in [1.29, 1.82) is 0 Å². The zero-order chi connectivity index (χ0) is 6.69. The van der Waals surface area contributed by atoms with Gasteiger partial charge in [-0.3, -0.25) is 9.10 Å². The number of hydrogen-bond donors (Lipinski definition) is 0. The molecule has 0 aromatic carbocycles. The lowest BCUT2D eigenvalue weighted by Gasteiger charge is -2.23. The average molecular weight is 145 g/mol. The first-order valence-electron chi connectivity index (χ1n) is 3.19. The first-order chi connectivity index (χ1) is 4.34. The van der Waals surface area contributed by atoms with Crippen molar-refractivity contribution in [3.8, 4) is 0 Å². The van der Waals surface area contributed by atoms with E-state index in [1.165, 1.54) is 18.4 Å². The van der Waals surface area contributed by atoms with E-state index in [-0.39, 0.29) is 0 Å². The highest BCUT2D eigenvalue weighted by Gasteiger charge is 2.15. The van der Waals surface area contributed by atoms with Crippen molar-refractivity contribution in [3.05, 3.63) is 0 Å². The molecule has 1 rings (SSSR count). The summed E-state index contributed by atoms with van der Waals surface area (Å²) in [6.07, 6.45) is 4.95. The van der Waals surface area contributed by atoms with Crippen LogP contribution in [0.2, 0.25) is 0 Å². The summed E-state index contributed by atoms with van der Waals surface area (Å²) >= 11 is 1.54. The topological polar surface area (TPSA) is 20.3 Å². The number of carbonyl (C=O) groups excluding carboxylic acids is 1. The molecule has 3 heteroatoms. The lowest BCUT2D eigenvalue weighted by molar-refractivity contribution is -0.127. The molecule has 0 aliphatic carbocycles. The van der Waals surface area contributed by atoms with Gasteiger partial charge in [-0.1, -0.05) is 11.9 Å². The SMILES string of the molecule is CSN1CCCCC1=O. The van der Waals surface area contributed by atoms with Crippen LogP contribution in [0, 0.1) is 0 Å². The van der Waals surface area contributed by atoms with Crippen molar-refractivity contribution in [3.63, 3.8) is 0 Å². The Labute approximate surface area is 59.7 Å². The number of piperidine rings is 1. The van der Waals surface area contributed by atoms with Gasteiger partial charge in [0.15, 0.2) is 0 Å². The van der Waals surface area contributed by atoms with Gasteiger partial charge in [-0.15, -0.1) is 0 Å². The number of carbonyl (C=O) groups is 1. The van der Waals surface area contributed by atoms with Gasteiger partial charge in [0.2, 0.25) is 5.91 Å². The Balaban J connectivity index is 2.39. The van der Waals surface area contributed by atoms with Gasteiger partial charge in [-0.05, 0) is 12.8 Å². The molecule has 9 heavy (non-hydrogen) atoms. The molecular weight excluding hydrogens is 134 g/mol. The second-order valence-electron chi connectivity index (χ2n) is 2.14. The van der Waals surface area contributed by atoms with Crippen LogP contribution in [0.4, 0.5) is 0 Å². The third kappa shape index (κ3) is 1.61. The zero-order valence-electron chi connectivity index (χ0n) is 5.59. The van der Waals surface area contributed by atoms with Gasteiger partial charge >= 0.3 is 0 Å². The Morgan fingerprint density at radius 2 is 2.33 bits per heavy atom. The van der Waals surface area contributed by atoms with Gasteiger partial charge in [0, 0.05) is 19.2 Å². The maximum absolute atomic E-state index is 10.9. The van der Waals surface area contributed by atoms with Crippen molar-refractivity contribution >= 4 is 17.9 Å². The van der Waals surface area contributed by atoms with Crippen LogP contribution in [-0.2, 0) is 4.79 Å². The summed E-state index contributed by atoms with van der Waals surface area (Å²) < 4.78 is 1.84. The van der Waals surface area contributed by atoms with E-state index in [1.54, 1.807) is 0 Å². The van der Waals surface area contributed by atoms with E-state index in [1.807, 2.05) is 10.6 Å². The lowest BCUT2D eigenvalue weighted by atomic mass is 10.2. The summed E-state index contributed by atoms with van der Waals surface area (Å²) in [6.45, 7) is 0.944. The second-order valence-corrected chi connectivity index (χ2v) is 2.94. The van der Waals surface area contributed by atoms with Crippen LogP contribution >= 0.6 is 11.9 Å². The standard InChI is InChI=1S/C6H11NOS/c1-9-7-5-3-2-4-6(7)8/h2-5H2,1H3. The second kappa shape index (κ2) is 3.11. The number of rotatable bonds is 1. The maximum Gasteiger partial charge on any atom is 0.232 e. The predicted molar refractivity (Wildman–Crippen MR) is 39.1 cm³/mol. The fourth-order valence-electron chi connectivity index (χ4n) is 0.974. The first-order valence-corrected chi connectivity index (χ1v) is 4.37. The van der Waals surface area contributed by atoms with Crippen molar-refractivity contribution in [1.82, 2.24) is 4.31 Å². The molecule has 1 saturated heterocycles. The lowest BCUT2D eigenvalue weighted by Crippen LogP contribution is -2.28. The first kappa shape index (κ1) is 6.93. The summed E-state index contributed by atoms with van der Waals surface area (Å²) in [5.41, 5.74) is 0. The zero-order valence-corrected chi connectivity index (χ0v) is 6.41. The molecule has 0 spiro atoms. The molecule has 0 aromatic rings. The van der Waals surface area contributed by atoms with E-state index in [9.17, 15) is 4.79 Å². The smallest absolute Gasteiger partial charge is 0.232 e. The van der Waals surface area contributed by atoms with Crippen LogP contribution in [0.1, 0.15) is 19.3 Å². The van der Waals surface area contributed by atoms with Crippen molar-refractivity contribution in [2.45, 2.75) is 19.3 Å². The van der Waals surface area contributed by atoms with Crippen LogP contribution < -0.4 is 0 Å². The van der Waals surface area contributed by atoms with E-state index >= 15 is 0 Å². The van der Waals surface area contributed by atoms with Crippen LogP contribution in [0.25, 0.3) is 0 Å². The van der Waals surface area contributed by atoms with Crippen molar-refractivity contribution < 1.29 is 4.79 Å². The number of amides is 1. The Morgan fingerprint density at radius 1 is 1.56 bits per heavy atom. The highest BCUT2D eigenvalue weighted by Crippen LogP contribution is 2.16. The van der Waals surface area contributed by atoms with E-state index in [0.717, 1.165) is 19.4 Å². The Kier molecular flexibility index (Phi) is 2.39. The molecule has 0 N–H and O–H groups in total. The van der Waals surface area contributed by atoms with Gasteiger partial charge in [0.25, 0.3) is 0 Å². The molecule has 1 fully saturated rings. The summed E-state index contributed by atoms with van der Waals surface area (Å²) in [5, 5.41) is 0. The van der Waals surface area contributed by atoms with Gasteiger partial charge in [0.1, 0.15) is 0 Å². The number of nitrogens with zero attached hydrogens (tertiary/aromatic N) is 1. The highest BCUT2D eigenvalue weighted by molar-refractivity contribution is 7.96. The molecule has 0 unspecified atom stereocenters. The minimum atomic E-state index is 0.300. The fourth-order valence-corrected chi connectivity index (χ4v) is 1.58. The maximum atomic E-state index is 10.9. The van der Waals surface area contributed by atoms with Crippen molar-refractivity contribution in [2.75, 3.05) is 12.8 Å². The summed E-state index contributed by atoms with van der Waals surface area (Å²) in [7, 11) is 0. The van der Waals surface area contributed by atoms with Gasteiger partial charge in [0.05, 0.1) is 0 Å². The molecule has 0 bridgehead atoms. The molecule has 1 amide bonds. The molecule has 1 aliphatic heterocycles. The molecule has 2 nitrogen and oxygen atoms in total. The van der Waals surface area contributed by atoms with Crippen LogP contribution in [0.3, 0.4) is 0 Å². The van der Waals surface area contributed by atoms with Crippen LogP contribution in [-0.4, -0.2) is 23.0 Å². The van der Waals surface area contributed by atoms with E-state index in [0.29, 0.717) is 5.91 Å². The molecule has 0 saturated carbocycles. The largest absolute Gasteiger partial charge is 0.287 e. The van der Waals surface area contributed by atoms with Crippen LogP contribution in [0.5, 0.6) is 0 Å². The summed E-state index contributed by atoms with van der Waals surface area (Å²) in [5.74, 6) is 0.300. The average Bonchev–Trinajstić information content (AvgIpc) is 1.89. The van der Waals surface area contributed by atoms with E-state index in [4.69, 9.17) is 0 Å². The molecule has 0 aromatic heterocycles. The molecule has 1 heterocycles. The Hall–Kier alpha value is -0.180. The van der Waals surface area contributed by atoms with Crippen molar-refractivity contribution in [2.24, 2.45) is 0 Å². The minimum Gasteiger partial charge on any atom is -0.287 e. The number of hydrogen-bond acceptors (Lipinski definition) is 2. The Bertz CT molecular complexity index is 116. The molecule has 1 aliphatic rings. The third-order valence-electron chi connectivity index (χ3n) is 1.50. The normalized spacial score (nSPS) is 20.6. The predicted octanol–water partition coefficient (Wildman–Crippen LogP) is 1.28. The third-order valence-corrected chi connectivity index (χ3v) is 2.33. The van der Waals surface area contributed by atoms with Gasteiger partial charge in [-0.25, -0.2) is 0 Å². The Morgan fingerprint density at radius 3 is 2.78 bits per heavy atom. The fraction of sp³-hybridized carbons (Fsp3) is 0.833. The molecule has 52 valence electrons. The summed E-state index contributed by atoms with van der Waals surface area (Å²) in [4.78, 5) is 10.9.